The van der Waals surface area contributed by atoms with Gasteiger partial charge in [0.2, 0.25) is 0 Å². The van der Waals surface area contributed by atoms with Crippen LogP contribution in [0.25, 0.3) is 21.5 Å². The summed E-state index contributed by atoms with van der Waals surface area (Å²) in [6, 6.07) is 19.8. The summed E-state index contributed by atoms with van der Waals surface area (Å²) in [4.78, 5) is 0. The fourth-order valence-electron chi connectivity index (χ4n) is 2.35. The number of aryl methyl sites for hydroxylation is 1. The van der Waals surface area contributed by atoms with Crippen LogP contribution in [0.2, 0.25) is 0 Å². The lowest BCUT2D eigenvalue weighted by Crippen LogP contribution is -1.88. The van der Waals surface area contributed by atoms with Crippen molar-refractivity contribution in [1.29, 1.82) is 0 Å². The number of hydrogen-bond donors (Lipinski definition) is 0. The molecule has 0 spiro atoms. The molecule has 0 N–H and O–H groups in total. The monoisotopic (exact) mass is 332 g/mol. The second-order valence-electron chi connectivity index (χ2n) is 4.28. The van der Waals surface area contributed by atoms with Crippen LogP contribution in [0, 0.1) is 0 Å². The molecule has 0 saturated heterocycles. The summed E-state index contributed by atoms with van der Waals surface area (Å²) in [5.74, 6) is 0. The summed E-state index contributed by atoms with van der Waals surface area (Å²) in [6.45, 7) is 0. The van der Waals surface area contributed by atoms with Crippen molar-refractivity contribution < 1.29 is 0 Å². The molecule has 0 aromatic heterocycles. The molecule has 3 aromatic rings. The van der Waals surface area contributed by atoms with Crippen LogP contribution in [0.1, 0.15) is 5.56 Å². The fourth-order valence-corrected chi connectivity index (χ4v) is 2.93. The minimum atomic E-state index is 1.15. The first kappa shape index (κ1) is 11.0. The SMILES string of the molecule is ICCc1cccc2cc3ccccc3cc12. The van der Waals surface area contributed by atoms with Crippen molar-refractivity contribution in [2.24, 2.45) is 0 Å². The maximum atomic E-state index is 2.44. The van der Waals surface area contributed by atoms with Gasteiger partial charge in [-0.2, -0.15) is 0 Å². The van der Waals surface area contributed by atoms with Gasteiger partial charge in [0.05, 0.1) is 0 Å². The third-order valence-corrected chi connectivity index (χ3v) is 3.74. The predicted octanol–water partition coefficient (Wildman–Crippen LogP) is 4.97. The average molecular weight is 332 g/mol. The van der Waals surface area contributed by atoms with E-state index in [4.69, 9.17) is 0 Å². The number of hydrogen-bond acceptors (Lipinski definition) is 0. The van der Waals surface area contributed by atoms with Crippen LogP contribution >= 0.6 is 22.6 Å². The molecule has 0 unspecified atom stereocenters. The number of halogens is 1. The Hall–Kier alpha value is -1.09. The molecule has 17 heavy (non-hydrogen) atoms. The Bertz CT molecular complexity index is 670. The lowest BCUT2D eigenvalue weighted by molar-refractivity contribution is 1.20. The van der Waals surface area contributed by atoms with E-state index in [0.717, 1.165) is 6.42 Å². The molecule has 0 aliphatic rings. The van der Waals surface area contributed by atoms with Gasteiger partial charge in [-0.25, -0.2) is 0 Å². The molecule has 84 valence electrons. The van der Waals surface area contributed by atoms with E-state index < -0.39 is 0 Å². The van der Waals surface area contributed by atoms with Crippen molar-refractivity contribution in [2.75, 3.05) is 4.43 Å². The van der Waals surface area contributed by atoms with Crippen LogP contribution in [-0.4, -0.2) is 4.43 Å². The van der Waals surface area contributed by atoms with Crippen molar-refractivity contribution in [3.8, 4) is 0 Å². The maximum Gasteiger partial charge on any atom is 0.00360 e. The van der Waals surface area contributed by atoms with E-state index in [9.17, 15) is 0 Å². The maximum absolute atomic E-state index is 2.44. The summed E-state index contributed by atoms with van der Waals surface area (Å²) in [5.41, 5.74) is 1.46. The van der Waals surface area contributed by atoms with Gasteiger partial charge in [-0.05, 0) is 45.7 Å². The summed E-state index contributed by atoms with van der Waals surface area (Å²) in [7, 11) is 0. The van der Waals surface area contributed by atoms with Gasteiger partial charge in [-0.1, -0.05) is 65.1 Å². The van der Waals surface area contributed by atoms with Gasteiger partial charge < -0.3 is 0 Å². The molecule has 3 rings (SSSR count). The van der Waals surface area contributed by atoms with E-state index in [0.29, 0.717) is 0 Å². The standard InChI is InChI=1S/C16H13I/c17-9-8-12-6-3-7-15-10-13-4-1-2-5-14(13)11-16(12)15/h1-7,10-11H,8-9H2. The van der Waals surface area contributed by atoms with Gasteiger partial charge >= 0.3 is 0 Å². The van der Waals surface area contributed by atoms with Crippen LogP contribution in [0.3, 0.4) is 0 Å². The van der Waals surface area contributed by atoms with Crippen LogP contribution in [0.4, 0.5) is 0 Å². The Morgan fingerprint density at radius 2 is 1.47 bits per heavy atom. The van der Waals surface area contributed by atoms with Crippen molar-refractivity contribution in [3.05, 3.63) is 60.2 Å². The molecule has 0 bridgehead atoms. The van der Waals surface area contributed by atoms with Gasteiger partial charge in [-0.15, -0.1) is 0 Å². The van der Waals surface area contributed by atoms with E-state index in [-0.39, 0.29) is 0 Å². The topological polar surface area (TPSA) is 0 Å². The third-order valence-electron chi connectivity index (χ3n) is 3.20. The highest BCUT2D eigenvalue weighted by molar-refractivity contribution is 14.1. The molecule has 0 heterocycles. The molecular formula is C16H13I. The summed E-state index contributed by atoms with van der Waals surface area (Å²) < 4.78 is 1.17. The quantitative estimate of drug-likeness (QED) is 0.353. The van der Waals surface area contributed by atoms with Crippen molar-refractivity contribution >= 4 is 44.1 Å². The van der Waals surface area contributed by atoms with Crippen molar-refractivity contribution in [3.63, 3.8) is 0 Å². The summed E-state index contributed by atoms with van der Waals surface area (Å²) >= 11 is 2.44. The Kier molecular flexibility index (Phi) is 3.02. The first-order valence-corrected chi connectivity index (χ1v) is 7.37. The van der Waals surface area contributed by atoms with Gasteiger partial charge in [0.25, 0.3) is 0 Å². The van der Waals surface area contributed by atoms with Crippen LogP contribution < -0.4 is 0 Å². The molecule has 0 atom stereocenters. The molecule has 0 radical (unpaired) electrons. The normalized spacial score (nSPS) is 11.1. The van der Waals surface area contributed by atoms with E-state index in [2.05, 4.69) is 77.2 Å². The molecule has 0 amide bonds. The second-order valence-corrected chi connectivity index (χ2v) is 5.36. The van der Waals surface area contributed by atoms with Gasteiger partial charge in [0, 0.05) is 4.43 Å². The zero-order valence-corrected chi connectivity index (χ0v) is 11.6. The Morgan fingerprint density at radius 1 is 0.765 bits per heavy atom. The number of benzene rings is 3. The molecule has 0 fully saturated rings. The van der Waals surface area contributed by atoms with Crippen LogP contribution in [-0.2, 0) is 6.42 Å². The highest BCUT2D eigenvalue weighted by Crippen LogP contribution is 2.25. The predicted molar refractivity (Wildman–Crippen MR) is 84.0 cm³/mol. The van der Waals surface area contributed by atoms with Crippen LogP contribution in [0.5, 0.6) is 0 Å². The number of rotatable bonds is 2. The van der Waals surface area contributed by atoms with E-state index in [1.807, 2.05) is 0 Å². The molecular weight excluding hydrogens is 319 g/mol. The van der Waals surface area contributed by atoms with Crippen molar-refractivity contribution in [2.45, 2.75) is 6.42 Å². The molecule has 3 aromatic carbocycles. The zero-order chi connectivity index (χ0) is 11.7. The highest BCUT2D eigenvalue weighted by atomic mass is 127. The number of alkyl halides is 1. The van der Waals surface area contributed by atoms with Gasteiger partial charge in [0.1, 0.15) is 0 Å². The Morgan fingerprint density at radius 3 is 2.24 bits per heavy atom. The summed E-state index contributed by atoms with van der Waals surface area (Å²) in [5, 5.41) is 5.42. The zero-order valence-electron chi connectivity index (χ0n) is 9.49. The molecule has 0 aliphatic heterocycles. The smallest absolute Gasteiger partial charge is 0.00360 e. The highest BCUT2D eigenvalue weighted by Gasteiger charge is 2.02. The van der Waals surface area contributed by atoms with E-state index in [1.54, 1.807) is 0 Å². The first-order chi connectivity index (χ1) is 8.38. The molecule has 0 nitrogen and oxygen atoms in total. The Labute approximate surface area is 115 Å². The van der Waals surface area contributed by atoms with Crippen molar-refractivity contribution in [1.82, 2.24) is 0 Å². The second kappa shape index (κ2) is 4.65. The van der Waals surface area contributed by atoms with E-state index in [1.165, 1.54) is 31.5 Å². The minimum absolute atomic E-state index is 1.15. The van der Waals surface area contributed by atoms with Gasteiger partial charge in [-0.3, -0.25) is 0 Å². The largest absolute Gasteiger partial charge is 0.0860 e. The first-order valence-electron chi connectivity index (χ1n) is 5.85. The Balaban J connectivity index is 2.35. The third kappa shape index (κ3) is 2.04. The van der Waals surface area contributed by atoms with E-state index >= 15 is 0 Å². The lowest BCUT2D eigenvalue weighted by Gasteiger charge is -2.07. The van der Waals surface area contributed by atoms with Gasteiger partial charge in [0.15, 0.2) is 0 Å². The minimum Gasteiger partial charge on any atom is -0.0860 e. The molecule has 0 aliphatic carbocycles. The lowest BCUT2D eigenvalue weighted by atomic mass is 9.99. The molecule has 1 heteroatoms. The fraction of sp³-hybridized carbons (Fsp3) is 0.125. The average Bonchev–Trinajstić information content (AvgIpc) is 2.37. The summed E-state index contributed by atoms with van der Waals surface area (Å²) in [6.07, 6.45) is 1.15. The number of fused-ring (bicyclic) bond motifs is 2. The van der Waals surface area contributed by atoms with Crippen LogP contribution in [0.15, 0.2) is 54.6 Å². The molecule has 0 saturated carbocycles.